The van der Waals surface area contributed by atoms with Crippen LogP contribution in [0.5, 0.6) is 0 Å². The number of hydrogen-bond acceptors (Lipinski definition) is 5. The Bertz CT molecular complexity index is 1330. The van der Waals surface area contributed by atoms with Crippen LogP contribution in [-0.4, -0.2) is 31.1 Å². The second-order valence-electron chi connectivity index (χ2n) is 7.64. The van der Waals surface area contributed by atoms with Crippen molar-refractivity contribution in [3.63, 3.8) is 0 Å². The maximum absolute atomic E-state index is 13.5. The minimum atomic E-state index is -0.288. The number of thioether (sulfide) groups is 1. The lowest BCUT2D eigenvalue weighted by Gasteiger charge is -2.13. The Kier molecular flexibility index (Phi) is 6.55. The molecule has 9 heteroatoms. The highest BCUT2D eigenvalue weighted by molar-refractivity contribution is 7.98. The fraction of sp³-hybridized carbons (Fsp3) is 0.304. The van der Waals surface area contributed by atoms with Crippen LogP contribution in [0.1, 0.15) is 32.3 Å². The van der Waals surface area contributed by atoms with Crippen LogP contribution in [-0.2, 0) is 17.1 Å². The Morgan fingerprint density at radius 3 is 2.78 bits per heavy atom. The number of hydrogen-bond donors (Lipinski definition) is 1. The van der Waals surface area contributed by atoms with Crippen LogP contribution >= 0.6 is 11.8 Å². The lowest BCUT2D eigenvalue weighted by Crippen LogP contribution is -2.33. The van der Waals surface area contributed by atoms with E-state index in [1.807, 2.05) is 36.4 Å². The van der Waals surface area contributed by atoms with Gasteiger partial charge >= 0.3 is 0 Å². The number of carbonyl (C=O) groups excluding carboxylic acids is 1. The van der Waals surface area contributed by atoms with Crippen molar-refractivity contribution in [3.05, 3.63) is 70.3 Å². The molecule has 0 aliphatic carbocycles. The van der Waals surface area contributed by atoms with Crippen molar-refractivity contribution in [2.45, 2.75) is 50.2 Å². The van der Waals surface area contributed by atoms with Gasteiger partial charge in [0.05, 0.1) is 10.9 Å². The molecule has 166 valence electrons. The number of aryl methyl sites for hydroxylation is 1. The van der Waals surface area contributed by atoms with Gasteiger partial charge in [0.1, 0.15) is 5.82 Å². The monoisotopic (exact) mass is 453 g/mol. The van der Waals surface area contributed by atoms with E-state index in [9.17, 15) is 14.0 Å². The molecule has 1 atom stereocenters. The summed E-state index contributed by atoms with van der Waals surface area (Å²) < 4.78 is 16.9. The Morgan fingerprint density at radius 1 is 1.19 bits per heavy atom. The molecule has 0 radical (unpaired) electrons. The second-order valence-corrected chi connectivity index (χ2v) is 8.58. The highest BCUT2D eigenvalue weighted by Crippen LogP contribution is 2.25. The van der Waals surface area contributed by atoms with E-state index in [2.05, 4.69) is 15.5 Å². The van der Waals surface area contributed by atoms with Crippen molar-refractivity contribution >= 4 is 34.3 Å². The summed E-state index contributed by atoms with van der Waals surface area (Å²) in [4.78, 5) is 25.4. The van der Waals surface area contributed by atoms with Gasteiger partial charge in [-0.2, -0.15) is 0 Å². The van der Waals surface area contributed by atoms with Crippen LogP contribution in [0.4, 0.5) is 4.39 Å². The van der Waals surface area contributed by atoms with E-state index in [-0.39, 0.29) is 36.3 Å². The molecule has 4 aromatic rings. The molecule has 2 aromatic heterocycles. The number of amides is 1. The van der Waals surface area contributed by atoms with E-state index in [1.54, 1.807) is 18.2 Å². The van der Waals surface area contributed by atoms with Gasteiger partial charge in [-0.15, -0.1) is 10.2 Å². The molecule has 32 heavy (non-hydrogen) atoms. The van der Waals surface area contributed by atoms with Crippen molar-refractivity contribution in [1.29, 1.82) is 0 Å². The maximum atomic E-state index is 13.5. The predicted octanol–water partition coefficient (Wildman–Crippen LogP) is 3.78. The molecule has 0 fully saturated rings. The van der Waals surface area contributed by atoms with E-state index < -0.39 is 0 Å². The van der Waals surface area contributed by atoms with Crippen LogP contribution in [0.3, 0.4) is 0 Å². The van der Waals surface area contributed by atoms with E-state index in [1.165, 1.54) is 28.5 Å². The van der Waals surface area contributed by atoms with Gasteiger partial charge in [0, 0.05) is 24.8 Å². The number of rotatable bonds is 8. The maximum Gasteiger partial charge on any atom is 0.262 e. The average molecular weight is 454 g/mol. The number of para-hydroxylation sites is 1. The summed E-state index contributed by atoms with van der Waals surface area (Å²) in [6, 6.07) is 13.8. The first-order valence-corrected chi connectivity index (χ1v) is 11.5. The average Bonchev–Trinajstić information content (AvgIpc) is 3.21. The van der Waals surface area contributed by atoms with Gasteiger partial charge in [-0.3, -0.25) is 18.6 Å². The third kappa shape index (κ3) is 4.52. The summed E-state index contributed by atoms with van der Waals surface area (Å²) in [7, 11) is 0. The van der Waals surface area contributed by atoms with Gasteiger partial charge in [0.2, 0.25) is 11.7 Å². The zero-order chi connectivity index (χ0) is 22.7. The normalized spacial score (nSPS) is 12.3. The molecule has 0 aliphatic heterocycles. The van der Waals surface area contributed by atoms with Crippen molar-refractivity contribution in [3.8, 4) is 0 Å². The smallest absolute Gasteiger partial charge is 0.262 e. The van der Waals surface area contributed by atoms with Gasteiger partial charge in [-0.25, -0.2) is 4.39 Å². The Balaban J connectivity index is 1.70. The fourth-order valence-corrected chi connectivity index (χ4v) is 4.35. The summed E-state index contributed by atoms with van der Waals surface area (Å²) in [5.74, 6) is 0.484. The highest BCUT2D eigenvalue weighted by Gasteiger charge is 2.18. The van der Waals surface area contributed by atoms with Crippen molar-refractivity contribution < 1.29 is 9.18 Å². The number of fused-ring (bicyclic) bond motifs is 3. The van der Waals surface area contributed by atoms with Gasteiger partial charge in [0.15, 0.2) is 5.16 Å². The minimum absolute atomic E-state index is 0.0785. The number of aromatic nitrogens is 4. The molecule has 1 N–H and O–H groups in total. The van der Waals surface area contributed by atoms with Crippen molar-refractivity contribution in [2.75, 3.05) is 0 Å². The first-order valence-electron chi connectivity index (χ1n) is 10.5. The van der Waals surface area contributed by atoms with Gasteiger partial charge in [-0.1, -0.05) is 43.0 Å². The SMILES string of the molecule is CC[C@H](C)NC(=O)CCn1c(=O)c2ccccc2n2c(SCc3cccc(F)c3)nnc12. The molecule has 0 aliphatic rings. The zero-order valence-corrected chi connectivity index (χ0v) is 18.7. The minimum Gasteiger partial charge on any atom is -0.354 e. The molecule has 2 heterocycles. The van der Waals surface area contributed by atoms with Crippen LogP contribution in [0, 0.1) is 5.82 Å². The van der Waals surface area contributed by atoms with Crippen LogP contribution < -0.4 is 10.9 Å². The molecular weight excluding hydrogens is 429 g/mol. The summed E-state index contributed by atoms with van der Waals surface area (Å²) >= 11 is 1.41. The van der Waals surface area contributed by atoms with E-state index in [0.29, 0.717) is 27.6 Å². The molecule has 4 rings (SSSR count). The molecule has 1 amide bonds. The molecule has 0 saturated heterocycles. The van der Waals surface area contributed by atoms with Crippen LogP contribution in [0.2, 0.25) is 0 Å². The summed E-state index contributed by atoms with van der Waals surface area (Å²) in [5.41, 5.74) is 1.31. The number of benzene rings is 2. The van der Waals surface area contributed by atoms with Crippen LogP contribution in [0.15, 0.2) is 58.5 Å². The number of carbonyl (C=O) groups is 1. The fourth-order valence-electron chi connectivity index (χ4n) is 3.47. The molecule has 2 aromatic carbocycles. The molecule has 0 bridgehead atoms. The lowest BCUT2D eigenvalue weighted by atomic mass is 10.2. The third-order valence-corrected chi connectivity index (χ3v) is 6.32. The summed E-state index contributed by atoms with van der Waals surface area (Å²) in [5, 5.41) is 12.6. The first-order chi connectivity index (χ1) is 15.5. The Hall–Kier alpha value is -3.20. The molecule has 0 saturated carbocycles. The molecule has 0 unspecified atom stereocenters. The van der Waals surface area contributed by atoms with Crippen molar-refractivity contribution in [2.24, 2.45) is 0 Å². The Morgan fingerprint density at radius 2 is 2.00 bits per heavy atom. The van der Waals surface area contributed by atoms with E-state index >= 15 is 0 Å². The number of halogens is 1. The molecular formula is C23H24FN5O2S. The van der Waals surface area contributed by atoms with E-state index in [4.69, 9.17) is 0 Å². The summed E-state index contributed by atoms with van der Waals surface area (Å²) in [6.45, 7) is 4.14. The summed E-state index contributed by atoms with van der Waals surface area (Å²) in [6.07, 6.45) is 0.999. The quantitative estimate of drug-likeness (QED) is 0.411. The molecule has 0 spiro atoms. The van der Waals surface area contributed by atoms with Gasteiger partial charge in [0.25, 0.3) is 5.56 Å². The molecule has 7 nitrogen and oxygen atoms in total. The van der Waals surface area contributed by atoms with Crippen LogP contribution in [0.25, 0.3) is 16.7 Å². The largest absolute Gasteiger partial charge is 0.354 e. The second kappa shape index (κ2) is 9.52. The van der Waals surface area contributed by atoms with Gasteiger partial charge in [-0.05, 0) is 43.2 Å². The zero-order valence-electron chi connectivity index (χ0n) is 17.9. The topological polar surface area (TPSA) is 81.3 Å². The van der Waals surface area contributed by atoms with E-state index in [0.717, 1.165) is 12.0 Å². The van der Waals surface area contributed by atoms with Crippen molar-refractivity contribution in [1.82, 2.24) is 24.5 Å². The first kappa shape index (κ1) is 22.0. The highest BCUT2D eigenvalue weighted by atomic mass is 32.2. The predicted molar refractivity (Wildman–Crippen MR) is 123 cm³/mol. The standard InChI is InChI=1S/C23H24FN5O2S/c1-3-15(2)25-20(30)11-12-28-21(31)18-9-4-5-10-19(18)29-22(28)26-27-23(29)32-14-16-7-6-8-17(24)13-16/h4-10,13,15H,3,11-12,14H2,1-2H3,(H,25,30)/t15-/m0/s1. The third-order valence-electron chi connectivity index (χ3n) is 5.32. The number of nitrogens with zero attached hydrogens (tertiary/aromatic N) is 4. The number of nitrogens with one attached hydrogen (secondary N) is 1. The van der Waals surface area contributed by atoms with Gasteiger partial charge < -0.3 is 5.32 Å². The Labute approximate surface area is 188 Å². The lowest BCUT2D eigenvalue weighted by molar-refractivity contribution is -0.121.